The molecule has 1 aromatic carbocycles. The SMILES string of the molecule is COCCNC(=O)Nc1ccc(N(C)C(C)C)c(F)c1. The maximum Gasteiger partial charge on any atom is 0.319 e. The third-order valence-corrected chi connectivity index (χ3v) is 2.95. The minimum absolute atomic E-state index is 0.195. The van der Waals surface area contributed by atoms with Gasteiger partial charge in [0.15, 0.2) is 0 Å². The standard InChI is InChI=1S/C14H22FN3O2/c1-10(2)18(3)13-6-5-11(9-12(13)15)17-14(19)16-7-8-20-4/h5-6,9-10H,7-8H2,1-4H3,(H2,16,17,19). The number of amides is 2. The van der Waals surface area contributed by atoms with Crippen LogP contribution in [-0.2, 0) is 4.74 Å². The molecule has 2 N–H and O–H groups in total. The summed E-state index contributed by atoms with van der Waals surface area (Å²) in [6, 6.07) is 4.45. The number of rotatable bonds is 6. The molecular formula is C14H22FN3O2. The smallest absolute Gasteiger partial charge is 0.319 e. The van der Waals surface area contributed by atoms with Crippen molar-refractivity contribution in [1.82, 2.24) is 5.32 Å². The molecule has 0 heterocycles. The fourth-order valence-electron chi connectivity index (χ4n) is 1.59. The number of anilines is 2. The maximum atomic E-state index is 14.0. The fraction of sp³-hybridized carbons (Fsp3) is 0.500. The second-order valence-electron chi connectivity index (χ2n) is 4.74. The molecule has 0 radical (unpaired) electrons. The van der Waals surface area contributed by atoms with Crippen LogP contribution < -0.4 is 15.5 Å². The van der Waals surface area contributed by atoms with Crippen molar-refractivity contribution in [2.45, 2.75) is 19.9 Å². The van der Waals surface area contributed by atoms with Crippen LogP contribution >= 0.6 is 0 Å². The first kappa shape index (κ1) is 16.2. The molecular weight excluding hydrogens is 261 g/mol. The first-order valence-electron chi connectivity index (χ1n) is 6.52. The molecule has 0 unspecified atom stereocenters. The molecule has 6 heteroatoms. The number of halogens is 1. The second-order valence-corrected chi connectivity index (χ2v) is 4.74. The highest BCUT2D eigenvalue weighted by atomic mass is 19.1. The van der Waals surface area contributed by atoms with Gasteiger partial charge in [-0.05, 0) is 32.0 Å². The van der Waals surface area contributed by atoms with Gasteiger partial charge in [-0.3, -0.25) is 0 Å². The van der Waals surface area contributed by atoms with E-state index in [0.29, 0.717) is 24.5 Å². The Kier molecular flexibility index (Phi) is 6.24. The zero-order valence-electron chi connectivity index (χ0n) is 12.4. The predicted octanol–water partition coefficient (Wildman–Crippen LogP) is 2.44. The van der Waals surface area contributed by atoms with Gasteiger partial charge in [-0.25, -0.2) is 9.18 Å². The van der Waals surface area contributed by atoms with Gasteiger partial charge >= 0.3 is 6.03 Å². The molecule has 1 aromatic rings. The average Bonchev–Trinajstić information content (AvgIpc) is 2.38. The Morgan fingerprint density at radius 1 is 1.45 bits per heavy atom. The third-order valence-electron chi connectivity index (χ3n) is 2.95. The molecule has 1 rings (SSSR count). The number of carbonyl (C=O) groups excluding carboxylic acids is 1. The summed E-state index contributed by atoms with van der Waals surface area (Å²) in [5, 5.41) is 5.17. The quantitative estimate of drug-likeness (QED) is 0.788. The van der Waals surface area contributed by atoms with Crippen LogP contribution in [-0.4, -0.2) is 39.4 Å². The normalized spacial score (nSPS) is 10.5. The third kappa shape index (κ3) is 4.70. The van der Waals surface area contributed by atoms with Crippen LogP contribution in [0.15, 0.2) is 18.2 Å². The highest BCUT2D eigenvalue weighted by Crippen LogP contribution is 2.23. The lowest BCUT2D eigenvalue weighted by Gasteiger charge is -2.24. The van der Waals surface area contributed by atoms with E-state index in [1.54, 1.807) is 19.2 Å². The second kappa shape index (κ2) is 7.69. The van der Waals surface area contributed by atoms with Gasteiger partial charge in [0.1, 0.15) is 5.82 Å². The fourth-order valence-corrected chi connectivity index (χ4v) is 1.59. The first-order valence-corrected chi connectivity index (χ1v) is 6.52. The number of carbonyl (C=O) groups is 1. The Morgan fingerprint density at radius 3 is 2.70 bits per heavy atom. The lowest BCUT2D eigenvalue weighted by molar-refractivity contribution is 0.198. The van der Waals surface area contributed by atoms with Crippen molar-refractivity contribution in [1.29, 1.82) is 0 Å². The molecule has 2 amide bonds. The van der Waals surface area contributed by atoms with Crippen molar-refractivity contribution in [2.24, 2.45) is 0 Å². The summed E-state index contributed by atoms with van der Waals surface area (Å²) in [5.41, 5.74) is 0.920. The lowest BCUT2D eigenvalue weighted by Crippen LogP contribution is -2.31. The van der Waals surface area contributed by atoms with Crippen molar-refractivity contribution in [3.05, 3.63) is 24.0 Å². The lowest BCUT2D eigenvalue weighted by atomic mass is 10.2. The molecule has 0 saturated heterocycles. The van der Waals surface area contributed by atoms with Crippen molar-refractivity contribution < 1.29 is 13.9 Å². The zero-order chi connectivity index (χ0) is 15.1. The van der Waals surface area contributed by atoms with Gasteiger partial charge in [0, 0.05) is 32.4 Å². The average molecular weight is 283 g/mol. The Hall–Kier alpha value is -1.82. The van der Waals surface area contributed by atoms with Crippen LogP contribution in [0.2, 0.25) is 0 Å². The number of urea groups is 1. The summed E-state index contributed by atoms with van der Waals surface area (Å²) >= 11 is 0. The predicted molar refractivity (Wildman–Crippen MR) is 78.8 cm³/mol. The molecule has 20 heavy (non-hydrogen) atoms. The molecule has 0 spiro atoms. The van der Waals surface area contributed by atoms with Crippen molar-refractivity contribution in [3.63, 3.8) is 0 Å². The summed E-state index contributed by atoms with van der Waals surface area (Å²) in [6.45, 7) is 4.79. The Bertz CT molecular complexity index is 452. The van der Waals surface area contributed by atoms with Gasteiger partial charge < -0.3 is 20.3 Å². The van der Waals surface area contributed by atoms with Crippen molar-refractivity contribution >= 4 is 17.4 Å². The zero-order valence-corrected chi connectivity index (χ0v) is 12.4. The van der Waals surface area contributed by atoms with E-state index < -0.39 is 0 Å². The minimum Gasteiger partial charge on any atom is -0.383 e. The first-order chi connectivity index (χ1) is 9.45. The van der Waals surface area contributed by atoms with Gasteiger partial charge in [-0.2, -0.15) is 0 Å². The van der Waals surface area contributed by atoms with Crippen LogP contribution in [0.1, 0.15) is 13.8 Å². The molecule has 0 aromatic heterocycles. The number of nitrogens with zero attached hydrogens (tertiary/aromatic N) is 1. The topological polar surface area (TPSA) is 53.6 Å². The van der Waals surface area contributed by atoms with Gasteiger partial charge in [-0.15, -0.1) is 0 Å². The number of hydrogen-bond acceptors (Lipinski definition) is 3. The van der Waals surface area contributed by atoms with Gasteiger partial charge in [0.05, 0.1) is 12.3 Å². The van der Waals surface area contributed by atoms with Crippen LogP contribution in [0.5, 0.6) is 0 Å². The molecule has 0 atom stereocenters. The van der Waals surface area contributed by atoms with E-state index in [-0.39, 0.29) is 17.9 Å². The summed E-state index contributed by atoms with van der Waals surface area (Å²) in [4.78, 5) is 13.3. The highest BCUT2D eigenvalue weighted by Gasteiger charge is 2.11. The van der Waals surface area contributed by atoms with E-state index in [4.69, 9.17) is 4.74 Å². The summed E-state index contributed by atoms with van der Waals surface area (Å²) in [6.07, 6.45) is 0. The number of ether oxygens (including phenoxy) is 1. The largest absolute Gasteiger partial charge is 0.383 e. The van der Waals surface area contributed by atoms with Crippen molar-refractivity contribution in [3.8, 4) is 0 Å². The van der Waals surface area contributed by atoms with E-state index in [1.807, 2.05) is 25.8 Å². The Balaban J connectivity index is 2.65. The molecule has 112 valence electrons. The molecule has 0 bridgehead atoms. The van der Waals surface area contributed by atoms with Gasteiger partial charge in [0.2, 0.25) is 0 Å². The monoisotopic (exact) mass is 283 g/mol. The summed E-state index contributed by atoms with van der Waals surface area (Å²) < 4.78 is 18.8. The summed E-state index contributed by atoms with van der Waals surface area (Å²) in [7, 11) is 3.38. The van der Waals surface area contributed by atoms with Crippen LogP contribution in [0, 0.1) is 5.82 Å². The molecule has 5 nitrogen and oxygen atoms in total. The van der Waals surface area contributed by atoms with Crippen LogP contribution in [0.25, 0.3) is 0 Å². The molecule has 0 aliphatic rings. The maximum absolute atomic E-state index is 14.0. The van der Waals surface area contributed by atoms with E-state index in [9.17, 15) is 9.18 Å². The van der Waals surface area contributed by atoms with Crippen LogP contribution in [0.4, 0.5) is 20.6 Å². The molecule has 0 aliphatic heterocycles. The Labute approximate surface area is 119 Å². The highest BCUT2D eigenvalue weighted by molar-refractivity contribution is 5.89. The minimum atomic E-state index is -0.383. The van der Waals surface area contributed by atoms with Gasteiger partial charge in [-0.1, -0.05) is 0 Å². The number of nitrogens with one attached hydrogen (secondary N) is 2. The van der Waals surface area contributed by atoms with E-state index in [2.05, 4.69) is 10.6 Å². The molecule has 0 saturated carbocycles. The molecule has 0 aliphatic carbocycles. The van der Waals surface area contributed by atoms with E-state index in [1.165, 1.54) is 6.07 Å². The van der Waals surface area contributed by atoms with Gasteiger partial charge in [0.25, 0.3) is 0 Å². The van der Waals surface area contributed by atoms with Crippen LogP contribution in [0.3, 0.4) is 0 Å². The number of hydrogen-bond donors (Lipinski definition) is 2. The number of methoxy groups -OCH3 is 1. The summed E-state index contributed by atoms with van der Waals surface area (Å²) in [5.74, 6) is -0.365. The number of benzene rings is 1. The van der Waals surface area contributed by atoms with E-state index in [0.717, 1.165) is 0 Å². The molecule has 0 fully saturated rings. The van der Waals surface area contributed by atoms with Crippen molar-refractivity contribution in [2.75, 3.05) is 37.5 Å². The van der Waals surface area contributed by atoms with E-state index >= 15 is 0 Å². The Morgan fingerprint density at radius 2 is 2.15 bits per heavy atom.